The molecule has 0 spiro atoms. The molecule has 2 nitrogen and oxygen atoms in total. The zero-order chi connectivity index (χ0) is 12.1. The van der Waals surface area contributed by atoms with E-state index in [9.17, 15) is 4.39 Å². The lowest BCUT2D eigenvalue weighted by atomic mass is 10.1. The quantitative estimate of drug-likeness (QED) is 0.850. The third-order valence-corrected chi connectivity index (χ3v) is 3.53. The molecule has 1 N–H and O–H groups in total. The average Bonchev–Trinajstić information content (AvgIpc) is 2.85. The molecule has 1 aliphatic rings. The van der Waals surface area contributed by atoms with Gasteiger partial charge < -0.3 is 5.11 Å². The highest BCUT2D eigenvalue weighted by Crippen LogP contribution is 2.24. The Morgan fingerprint density at radius 2 is 1.82 bits per heavy atom. The number of aliphatic hydroxyl groups excluding tert-OH is 1. The first-order chi connectivity index (χ1) is 8.29. The fraction of sp³-hybridized carbons (Fsp3) is 0.571. The standard InChI is InChI=1S/C14H20FNO/c15-13-7-5-12(6-8-13)11-16(9-10-17)14-3-1-2-4-14/h5-8,14,17H,1-4,9-11H2. The summed E-state index contributed by atoms with van der Waals surface area (Å²) in [5.74, 6) is -0.191. The Kier molecular flexibility index (Phi) is 4.51. The third-order valence-electron chi connectivity index (χ3n) is 3.53. The number of hydrogen-bond acceptors (Lipinski definition) is 2. The molecule has 0 atom stereocenters. The van der Waals surface area contributed by atoms with Crippen LogP contribution in [0.5, 0.6) is 0 Å². The molecule has 0 aliphatic heterocycles. The summed E-state index contributed by atoms with van der Waals surface area (Å²) in [7, 11) is 0. The van der Waals surface area contributed by atoms with Crippen molar-refractivity contribution in [3.05, 3.63) is 35.6 Å². The van der Waals surface area contributed by atoms with E-state index in [-0.39, 0.29) is 12.4 Å². The molecular formula is C14H20FNO. The Morgan fingerprint density at radius 3 is 2.41 bits per heavy atom. The number of benzene rings is 1. The zero-order valence-electron chi connectivity index (χ0n) is 10.1. The molecule has 1 aliphatic carbocycles. The van der Waals surface area contributed by atoms with Crippen LogP contribution in [0.4, 0.5) is 4.39 Å². The largest absolute Gasteiger partial charge is 0.395 e. The predicted molar refractivity (Wildman–Crippen MR) is 66.2 cm³/mol. The monoisotopic (exact) mass is 237 g/mol. The number of rotatable bonds is 5. The normalized spacial score (nSPS) is 16.9. The van der Waals surface area contributed by atoms with E-state index in [0.717, 1.165) is 12.1 Å². The van der Waals surface area contributed by atoms with Gasteiger partial charge in [0.15, 0.2) is 0 Å². The van der Waals surface area contributed by atoms with Crippen LogP contribution in [0.15, 0.2) is 24.3 Å². The van der Waals surface area contributed by atoms with Crippen molar-refractivity contribution >= 4 is 0 Å². The molecule has 1 aromatic carbocycles. The highest BCUT2D eigenvalue weighted by Gasteiger charge is 2.21. The van der Waals surface area contributed by atoms with E-state index in [1.165, 1.54) is 37.8 Å². The molecule has 94 valence electrons. The summed E-state index contributed by atoms with van der Waals surface area (Å²) in [5.41, 5.74) is 1.12. The van der Waals surface area contributed by atoms with Crippen LogP contribution < -0.4 is 0 Å². The molecule has 2 rings (SSSR count). The van der Waals surface area contributed by atoms with Crippen LogP contribution in [0.1, 0.15) is 31.2 Å². The topological polar surface area (TPSA) is 23.5 Å². The Hall–Kier alpha value is -0.930. The second-order valence-corrected chi connectivity index (χ2v) is 4.76. The molecule has 0 saturated heterocycles. The summed E-state index contributed by atoms with van der Waals surface area (Å²) in [5, 5.41) is 9.12. The van der Waals surface area contributed by atoms with E-state index in [2.05, 4.69) is 4.90 Å². The van der Waals surface area contributed by atoms with Crippen LogP contribution in [0, 0.1) is 5.82 Å². The molecule has 0 bridgehead atoms. The van der Waals surface area contributed by atoms with Gasteiger partial charge in [0.1, 0.15) is 5.82 Å². The number of hydrogen-bond donors (Lipinski definition) is 1. The highest BCUT2D eigenvalue weighted by atomic mass is 19.1. The van der Waals surface area contributed by atoms with Crippen LogP contribution in [-0.4, -0.2) is 29.2 Å². The first-order valence-electron chi connectivity index (χ1n) is 6.39. The van der Waals surface area contributed by atoms with Gasteiger partial charge in [0, 0.05) is 19.1 Å². The smallest absolute Gasteiger partial charge is 0.123 e. The van der Waals surface area contributed by atoms with Gasteiger partial charge >= 0.3 is 0 Å². The van der Waals surface area contributed by atoms with Crippen LogP contribution in [0.3, 0.4) is 0 Å². The fourth-order valence-corrected chi connectivity index (χ4v) is 2.61. The number of nitrogens with zero attached hydrogens (tertiary/aromatic N) is 1. The van der Waals surface area contributed by atoms with E-state index in [4.69, 9.17) is 5.11 Å². The minimum Gasteiger partial charge on any atom is -0.395 e. The SMILES string of the molecule is OCCN(Cc1ccc(F)cc1)C1CCCC1. The fourth-order valence-electron chi connectivity index (χ4n) is 2.61. The van der Waals surface area contributed by atoms with Crippen molar-refractivity contribution in [2.75, 3.05) is 13.2 Å². The number of aliphatic hydroxyl groups is 1. The van der Waals surface area contributed by atoms with Crippen molar-refractivity contribution in [3.8, 4) is 0 Å². The summed E-state index contributed by atoms with van der Waals surface area (Å²) < 4.78 is 12.8. The van der Waals surface area contributed by atoms with Gasteiger partial charge in [-0.15, -0.1) is 0 Å². The summed E-state index contributed by atoms with van der Waals surface area (Å²) in [4.78, 5) is 2.32. The lowest BCUT2D eigenvalue weighted by Crippen LogP contribution is -2.35. The van der Waals surface area contributed by atoms with Gasteiger partial charge in [-0.25, -0.2) is 4.39 Å². The third kappa shape index (κ3) is 3.51. The maximum atomic E-state index is 12.8. The Balaban J connectivity index is 1.98. The second kappa shape index (κ2) is 6.12. The minimum absolute atomic E-state index is 0.191. The predicted octanol–water partition coefficient (Wildman–Crippen LogP) is 2.56. The lowest BCUT2D eigenvalue weighted by molar-refractivity contribution is 0.145. The van der Waals surface area contributed by atoms with Crippen LogP contribution >= 0.6 is 0 Å². The molecule has 0 amide bonds. The van der Waals surface area contributed by atoms with Gasteiger partial charge in [-0.3, -0.25) is 4.90 Å². The molecule has 1 aromatic rings. The van der Waals surface area contributed by atoms with Gasteiger partial charge in [-0.2, -0.15) is 0 Å². The molecule has 0 heterocycles. The minimum atomic E-state index is -0.191. The molecule has 1 saturated carbocycles. The highest BCUT2D eigenvalue weighted by molar-refractivity contribution is 5.16. The first kappa shape index (κ1) is 12.5. The van der Waals surface area contributed by atoms with E-state index >= 15 is 0 Å². The summed E-state index contributed by atoms with van der Waals surface area (Å²) >= 11 is 0. The molecule has 0 radical (unpaired) electrons. The van der Waals surface area contributed by atoms with E-state index < -0.39 is 0 Å². The Labute approximate surface area is 102 Å². The average molecular weight is 237 g/mol. The van der Waals surface area contributed by atoms with Crippen LogP contribution in [0.2, 0.25) is 0 Å². The molecule has 17 heavy (non-hydrogen) atoms. The van der Waals surface area contributed by atoms with E-state index in [0.29, 0.717) is 12.6 Å². The summed E-state index contributed by atoms with van der Waals surface area (Å²) in [6.07, 6.45) is 5.02. The molecule has 0 unspecified atom stereocenters. The molecule has 1 fully saturated rings. The van der Waals surface area contributed by atoms with Crippen molar-refractivity contribution in [2.45, 2.75) is 38.3 Å². The van der Waals surface area contributed by atoms with E-state index in [1.54, 1.807) is 0 Å². The van der Waals surface area contributed by atoms with Crippen molar-refractivity contribution in [1.29, 1.82) is 0 Å². The van der Waals surface area contributed by atoms with Gasteiger partial charge in [0.25, 0.3) is 0 Å². The van der Waals surface area contributed by atoms with Crippen molar-refractivity contribution < 1.29 is 9.50 Å². The summed E-state index contributed by atoms with van der Waals surface area (Å²) in [6, 6.07) is 7.25. The molecule has 0 aromatic heterocycles. The van der Waals surface area contributed by atoms with Crippen LogP contribution in [0.25, 0.3) is 0 Å². The maximum absolute atomic E-state index is 12.8. The van der Waals surface area contributed by atoms with Crippen molar-refractivity contribution in [3.63, 3.8) is 0 Å². The van der Waals surface area contributed by atoms with Crippen molar-refractivity contribution in [1.82, 2.24) is 4.90 Å². The van der Waals surface area contributed by atoms with Crippen molar-refractivity contribution in [2.24, 2.45) is 0 Å². The number of halogens is 1. The van der Waals surface area contributed by atoms with Crippen LogP contribution in [-0.2, 0) is 6.54 Å². The Morgan fingerprint density at radius 1 is 1.18 bits per heavy atom. The lowest BCUT2D eigenvalue weighted by Gasteiger charge is -2.28. The first-order valence-corrected chi connectivity index (χ1v) is 6.39. The summed E-state index contributed by atoms with van der Waals surface area (Å²) in [6.45, 7) is 1.71. The van der Waals surface area contributed by atoms with Gasteiger partial charge in [-0.1, -0.05) is 25.0 Å². The second-order valence-electron chi connectivity index (χ2n) is 4.76. The van der Waals surface area contributed by atoms with Gasteiger partial charge in [-0.05, 0) is 30.5 Å². The Bertz CT molecular complexity index is 333. The maximum Gasteiger partial charge on any atom is 0.123 e. The zero-order valence-corrected chi connectivity index (χ0v) is 10.1. The molecular weight excluding hydrogens is 217 g/mol. The van der Waals surface area contributed by atoms with E-state index in [1.807, 2.05) is 12.1 Å². The van der Waals surface area contributed by atoms with Gasteiger partial charge in [0.2, 0.25) is 0 Å². The molecule has 3 heteroatoms. The van der Waals surface area contributed by atoms with Gasteiger partial charge in [0.05, 0.1) is 6.61 Å².